The van der Waals surface area contributed by atoms with Gasteiger partial charge in [-0.1, -0.05) is 30.0 Å². The second-order valence-electron chi connectivity index (χ2n) is 6.53. The number of ether oxygens (including phenoxy) is 1. The van der Waals surface area contributed by atoms with Crippen molar-refractivity contribution in [3.63, 3.8) is 0 Å². The number of benzene rings is 1. The molecule has 0 unspecified atom stereocenters. The lowest BCUT2D eigenvalue weighted by Crippen LogP contribution is -2.32. The first kappa shape index (κ1) is 18.1. The van der Waals surface area contributed by atoms with Crippen LogP contribution in [-0.2, 0) is 16.1 Å². The molecule has 0 radical (unpaired) electrons. The fourth-order valence-electron chi connectivity index (χ4n) is 3.35. The van der Waals surface area contributed by atoms with Gasteiger partial charge in [0.15, 0.2) is 11.0 Å². The molecule has 0 bridgehead atoms. The van der Waals surface area contributed by atoms with Crippen molar-refractivity contribution in [2.24, 2.45) is 0 Å². The van der Waals surface area contributed by atoms with Crippen molar-refractivity contribution in [1.29, 1.82) is 0 Å². The van der Waals surface area contributed by atoms with Gasteiger partial charge in [0.1, 0.15) is 0 Å². The van der Waals surface area contributed by atoms with Gasteiger partial charge in [0.25, 0.3) is 0 Å². The van der Waals surface area contributed by atoms with Crippen LogP contribution in [0.15, 0.2) is 35.6 Å². The second-order valence-corrected chi connectivity index (χ2v) is 7.47. The van der Waals surface area contributed by atoms with E-state index in [9.17, 15) is 4.79 Å². The van der Waals surface area contributed by atoms with Crippen molar-refractivity contribution >= 4 is 28.6 Å². The van der Waals surface area contributed by atoms with Crippen LogP contribution in [0.3, 0.4) is 0 Å². The molecule has 3 aromatic rings. The lowest BCUT2D eigenvalue weighted by molar-refractivity contribution is -0.119. The number of aromatic amines is 1. The van der Waals surface area contributed by atoms with Gasteiger partial charge in [0.2, 0.25) is 5.91 Å². The van der Waals surface area contributed by atoms with Crippen molar-refractivity contribution in [1.82, 2.24) is 25.1 Å². The highest BCUT2D eigenvalue weighted by atomic mass is 32.2. The molecule has 2 aromatic heterocycles. The van der Waals surface area contributed by atoms with E-state index in [0.29, 0.717) is 12.3 Å². The molecule has 7 nitrogen and oxygen atoms in total. The molecule has 27 heavy (non-hydrogen) atoms. The maximum Gasteiger partial charge on any atom is 0.230 e. The Hall–Kier alpha value is -2.32. The van der Waals surface area contributed by atoms with Crippen LogP contribution in [0.5, 0.6) is 0 Å². The van der Waals surface area contributed by atoms with Crippen LogP contribution in [0.25, 0.3) is 22.3 Å². The minimum Gasteiger partial charge on any atom is -0.376 e. The number of hydrogen-bond acceptors (Lipinski definition) is 5. The molecule has 0 saturated carbocycles. The van der Waals surface area contributed by atoms with Crippen LogP contribution in [0.2, 0.25) is 0 Å². The van der Waals surface area contributed by atoms with Crippen LogP contribution in [0, 0.1) is 0 Å². The fourth-order valence-corrected chi connectivity index (χ4v) is 4.18. The van der Waals surface area contributed by atoms with Crippen molar-refractivity contribution in [2.75, 3.05) is 18.9 Å². The molecule has 4 rings (SSSR count). The Morgan fingerprint density at radius 1 is 1.41 bits per heavy atom. The molecule has 8 heteroatoms. The van der Waals surface area contributed by atoms with Gasteiger partial charge in [-0.05, 0) is 25.8 Å². The normalized spacial score (nSPS) is 16.9. The summed E-state index contributed by atoms with van der Waals surface area (Å²) in [6, 6.07) is 8.13. The third-order valence-electron chi connectivity index (χ3n) is 4.75. The Morgan fingerprint density at radius 3 is 3.11 bits per heavy atom. The largest absolute Gasteiger partial charge is 0.376 e. The topological polar surface area (TPSA) is 84.8 Å². The summed E-state index contributed by atoms with van der Waals surface area (Å²) in [5, 5.41) is 13.5. The van der Waals surface area contributed by atoms with E-state index in [1.807, 2.05) is 29.0 Å². The minimum atomic E-state index is -0.00482. The number of fused-ring (bicyclic) bond motifs is 1. The van der Waals surface area contributed by atoms with Crippen molar-refractivity contribution in [2.45, 2.75) is 37.6 Å². The van der Waals surface area contributed by atoms with E-state index in [1.54, 1.807) is 0 Å². The van der Waals surface area contributed by atoms with E-state index >= 15 is 0 Å². The SMILES string of the molecule is CCn1c(SCC(=O)NC[C@@H]2CCCO2)nnc1-c1c[nH]c2ccccc12. The summed E-state index contributed by atoms with van der Waals surface area (Å²) in [5.41, 5.74) is 2.09. The summed E-state index contributed by atoms with van der Waals surface area (Å²) in [5.74, 6) is 1.13. The van der Waals surface area contributed by atoms with E-state index in [0.717, 1.165) is 53.4 Å². The predicted octanol–water partition coefficient (Wildman–Crippen LogP) is 2.83. The molecule has 1 saturated heterocycles. The van der Waals surface area contributed by atoms with Crippen molar-refractivity contribution in [3.8, 4) is 11.4 Å². The summed E-state index contributed by atoms with van der Waals surface area (Å²) in [6.07, 6.45) is 4.22. The number of nitrogens with one attached hydrogen (secondary N) is 2. The number of carbonyl (C=O) groups excluding carboxylic acids is 1. The minimum absolute atomic E-state index is 0.00482. The van der Waals surface area contributed by atoms with Gasteiger partial charge >= 0.3 is 0 Å². The molecule has 0 aliphatic carbocycles. The first-order valence-corrected chi connectivity index (χ1v) is 10.3. The number of H-pyrrole nitrogens is 1. The third kappa shape index (κ3) is 3.86. The molecular formula is C19H23N5O2S. The Kier molecular flexibility index (Phi) is 5.45. The zero-order valence-corrected chi connectivity index (χ0v) is 16.1. The highest BCUT2D eigenvalue weighted by molar-refractivity contribution is 7.99. The molecule has 1 aliphatic heterocycles. The van der Waals surface area contributed by atoms with Crippen LogP contribution >= 0.6 is 11.8 Å². The van der Waals surface area contributed by atoms with Gasteiger partial charge in [-0.15, -0.1) is 10.2 Å². The van der Waals surface area contributed by atoms with Gasteiger partial charge in [-0.2, -0.15) is 0 Å². The summed E-state index contributed by atoms with van der Waals surface area (Å²) in [6.45, 7) is 4.18. The summed E-state index contributed by atoms with van der Waals surface area (Å²) in [4.78, 5) is 15.4. The van der Waals surface area contributed by atoms with Gasteiger partial charge in [0, 0.05) is 42.4 Å². The number of carbonyl (C=O) groups is 1. The monoisotopic (exact) mass is 385 g/mol. The number of aromatic nitrogens is 4. The molecule has 1 amide bonds. The number of nitrogens with zero attached hydrogens (tertiary/aromatic N) is 3. The zero-order valence-electron chi connectivity index (χ0n) is 15.3. The standard InChI is InChI=1S/C19H23N5O2S/c1-2-24-18(15-11-20-16-8-4-3-7-14(15)16)22-23-19(24)27-12-17(25)21-10-13-6-5-9-26-13/h3-4,7-8,11,13,20H,2,5-6,9-10,12H2,1H3,(H,21,25)/t13-/m0/s1. The van der Waals surface area contributed by atoms with Gasteiger partial charge in [-0.25, -0.2) is 0 Å². The summed E-state index contributed by atoms with van der Waals surface area (Å²) in [7, 11) is 0. The lowest BCUT2D eigenvalue weighted by Gasteiger charge is -2.10. The predicted molar refractivity (Wildman–Crippen MR) is 106 cm³/mol. The van der Waals surface area contributed by atoms with E-state index < -0.39 is 0 Å². The fraction of sp³-hybridized carbons (Fsp3) is 0.421. The zero-order chi connectivity index (χ0) is 18.6. The van der Waals surface area contributed by atoms with Crippen LogP contribution in [-0.4, -0.2) is 50.7 Å². The van der Waals surface area contributed by atoms with Crippen LogP contribution in [0.1, 0.15) is 19.8 Å². The smallest absolute Gasteiger partial charge is 0.230 e. The van der Waals surface area contributed by atoms with E-state index in [2.05, 4.69) is 33.5 Å². The molecule has 1 aromatic carbocycles. The van der Waals surface area contributed by atoms with Crippen molar-refractivity contribution < 1.29 is 9.53 Å². The van der Waals surface area contributed by atoms with E-state index in [-0.39, 0.29) is 12.0 Å². The number of thioether (sulfide) groups is 1. The van der Waals surface area contributed by atoms with Crippen LogP contribution < -0.4 is 5.32 Å². The third-order valence-corrected chi connectivity index (χ3v) is 5.71. The molecule has 142 valence electrons. The Balaban J connectivity index is 1.44. The molecular weight excluding hydrogens is 362 g/mol. The average molecular weight is 385 g/mol. The number of amides is 1. The maximum atomic E-state index is 12.1. The van der Waals surface area contributed by atoms with Gasteiger partial charge < -0.3 is 19.6 Å². The summed E-state index contributed by atoms with van der Waals surface area (Å²) >= 11 is 1.41. The van der Waals surface area contributed by atoms with Gasteiger partial charge in [-0.3, -0.25) is 4.79 Å². The molecule has 1 fully saturated rings. The molecule has 1 atom stereocenters. The molecule has 2 N–H and O–H groups in total. The first-order valence-electron chi connectivity index (χ1n) is 9.27. The highest BCUT2D eigenvalue weighted by Gasteiger charge is 2.19. The summed E-state index contributed by atoms with van der Waals surface area (Å²) < 4.78 is 7.58. The van der Waals surface area contributed by atoms with Crippen LogP contribution in [0.4, 0.5) is 0 Å². The molecule has 3 heterocycles. The lowest BCUT2D eigenvalue weighted by atomic mass is 10.1. The maximum absolute atomic E-state index is 12.1. The number of rotatable bonds is 7. The first-order chi connectivity index (χ1) is 13.3. The molecule has 0 spiro atoms. The quantitative estimate of drug-likeness (QED) is 0.611. The number of hydrogen-bond donors (Lipinski definition) is 2. The Morgan fingerprint density at radius 2 is 2.30 bits per heavy atom. The number of para-hydroxylation sites is 1. The average Bonchev–Trinajstić information content (AvgIpc) is 3.43. The second kappa shape index (κ2) is 8.14. The Bertz CT molecular complexity index is 929. The van der Waals surface area contributed by atoms with E-state index in [4.69, 9.17) is 4.74 Å². The van der Waals surface area contributed by atoms with Gasteiger partial charge in [0.05, 0.1) is 11.9 Å². The highest BCUT2D eigenvalue weighted by Crippen LogP contribution is 2.29. The van der Waals surface area contributed by atoms with Crippen molar-refractivity contribution in [3.05, 3.63) is 30.5 Å². The molecule has 1 aliphatic rings. The Labute approximate surface area is 161 Å². The van der Waals surface area contributed by atoms with E-state index in [1.165, 1.54) is 11.8 Å².